The van der Waals surface area contributed by atoms with Crippen LogP contribution in [0.15, 0.2) is 24.3 Å². The highest BCUT2D eigenvalue weighted by Crippen LogP contribution is 2.35. The third-order valence-electron chi connectivity index (χ3n) is 4.38. The number of carbonyl (C=O) groups is 1. The summed E-state index contributed by atoms with van der Waals surface area (Å²) in [5, 5.41) is -0.400. The first-order valence-corrected chi connectivity index (χ1v) is 8.67. The molecule has 0 unspecified atom stereocenters. The number of carbonyl (C=O) groups excluding carboxylic acids is 1. The Balaban J connectivity index is 1.51. The lowest BCUT2D eigenvalue weighted by Gasteiger charge is -2.32. The van der Waals surface area contributed by atoms with Crippen molar-refractivity contribution in [2.75, 3.05) is 18.9 Å². The van der Waals surface area contributed by atoms with Crippen LogP contribution in [0.4, 0.5) is 0 Å². The third kappa shape index (κ3) is 1.98. The summed E-state index contributed by atoms with van der Waals surface area (Å²) in [4.78, 5) is 14.2. The molecule has 2 saturated heterocycles. The zero-order chi connectivity index (χ0) is 14.6. The third-order valence-corrected chi connectivity index (χ3v) is 6.58. The van der Waals surface area contributed by atoms with Crippen LogP contribution in [0.25, 0.3) is 0 Å². The number of amides is 1. The average Bonchev–Trinajstić information content (AvgIpc) is 3.02. The summed E-state index contributed by atoms with van der Waals surface area (Å²) < 4.78 is 34.7. The van der Waals surface area contributed by atoms with Gasteiger partial charge in [-0.15, -0.1) is 0 Å². The Morgan fingerprint density at radius 2 is 2.00 bits per heavy atom. The number of hydrogen-bond acceptors (Lipinski definition) is 5. The van der Waals surface area contributed by atoms with Gasteiger partial charge < -0.3 is 14.4 Å². The molecule has 7 heteroatoms. The lowest BCUT2D eigenvalue weighted by atomic mass is 10.2. The summed E-state index contributed by atoms with van der Waals surface area (Å²) in [5.74, 6) is 1.09. The van der Waals surface area contributed by atoms with Crippen molar-refractivity contribution >= 4 is 15.7 Å². The van der Waals surface area contributed by atoms with Crippen molar-refractivity contribution in [3.8, 4) is 11.5 Å². The maximum atomic E-state index is 12.5. The number of sulfone groups is 1. The predicted molar refractivity (Wildman–Crippen MR) is 74.0 cm³/mol. The van der Waals surface area contributed by atoms with Gasteiger partial charge in [-0.05, 0) is 18.6 Å². The summed E-state index contributed by atoms with van der Waals surface area (Å²) in [6.45, 7) is 0.448. The molecule has 0 aliphatic carbocycles. The van der Waals surface area contributed by atoms with E-state index in [2.05, 4.69) is 0 Å². The molecule has 4 rings (SSSR count). The quantitative estimate of drug-likeness (QED) is 0.742. The molecular formula is C14H15NO5S. The van der Waals surface area contributed by atoms with E-state index in [4.69, 9.17) is 9.47 Å². The highest BCUT2D eigenvalue weighted by Gasteiger charge is 2.51. The van der Waals surface area contributed by atoms with Crippen molar-refractivity contribution in [1.29, 1.82) is 0 Å². The molecular weight excluding hydrogens is 294 g/mol. The molecule has 6 nitrogen and oxygen atoms in total. The zero-order valence-electron chi connectivity index (χ0n) is 11.3. The molecule has 0 N–H and O–H groups in total. The van der Waals surface area contributed by atoms with Gasteiger partial charge in [-0.1, -0.05) is 12.1 Å². The normalized spacial score (nSPS) is 32.2. The van der Waals surface area contributed by atoms with E-state index >= 15 is 0 Å². The highest BCUT2D eigenvalue weighted by atomic mass is 32.2. The minimum Gasteiger partial charge on any atom is -0.485 e. The summed E-state index contributed by atoms with van der Waals surface area (Å²) in [6.07, 6.45) is -0.139. The largest absolute Gasteiger partial charge is 0.485 e. The molecule has 3 aliphatic rings. The second-order valence-electron chi connectivity index (χ2n) is 5.70. The van der Waals surface area contributed by atoms with Gasteiger partial charge in [0.15, 0.2) is 21.3 Å². The number of rotatable bonds is 1. The van der Waals surface area contributed by atoms with Gasteiger partial charge in [-0.25, -0.2) is 8.42 Å². The number of ether oxygens (including phenoxy) is 2. The van der Waals surface area contributed by atoms with Crippen molar-refractivity contribution in [3.63, 3.8) is 0 Å². The Labute approximate surface area is 122 Å². The van der Waals surface area contributed by atoms with Crippen LogP contribution in [0, 0.1) is 0 Å². The van der Waals surface area contributed by atoms with Crippen LogP contribution in [0.2, 0.25) is 0 Å². The molecule has 0 saturated carbocycles. The van der Waals surface area contributed by atoms with Crippen molar-refractivity contribution in [1.82, 2.24) is 4.90 Å². The summed E-state index contributed by atoms with van der Waals surface area (Å²) in [6, 6.07) is 7.01. The number of likely N-dealkylation sites (tertiary alicyclic amines) is 1. The number of benzene rings is 1. The van der Waals surface area contributed by atoms with Gasteiger partial charge in [0.1, 0.15) is 6.61 Å². The molecule has 112 valence electrons. The second-order valence-corrected chi connectivity index (χ2v) is 8.02. The molecule has 3 heterocycles. The fourth-order valence-corrected chi connectivity index (χ4v) is 5.32. The van der Waals surface area contributed by atoms with Gasteiger partial charge >= 0.3 is 0 Å². The van der Waals surface area contributed by atoms with Crippen LogP contribution in [0.5, 0.6) is 11.5 Å². The van der Waals surface area contributed by atoms with Crippen molar-refractivity contribution in [3.05, 3.63) is 24.3 Å². The van der Waals surface area contributed by atoms with Crippen LogP contribution in [-0.2, 0) is 14.6 Å². The standard InChI is InChI=1S/C14H15NO5S/c16-14(15-6-10-5-9(15)8-21(10,17)18)13-7-19-11-3-1-2-4-12(11)20-13/h1-4,9-10,13H,5-8H2/t9-,10+,13+/m0/s1. The van der Waals surface area contributed by atoms with Crippen LogP contribution < -0.4 is 9.47 Å². The van der Waals surface area contributed by atoms with E-state index in [1.165, 1.54) is 0 Å². The molecule has 0 radical (unpaired) electrons. The first-order chi connectivity index (χ1) is 10.0. The lowest BCUT2D eigenvalue weighted by Crippen LogP contribution is -2.51. The molecule has 3 aliphatic heterocycles. The van der Waals surface area contributed by atoms with Crippen LogP contribution in [0.3, 0.4) is 0 Å². The van der Waals surface area contributed by atoms with E-state index in [1.54, 1.807) is 17.0 Å². The van der Waals surface area contributed by atoms with Crippen molar-refractivity contribution in [2.45, 2.75) is 23.8 Å². The van der Waals surface area contributed by atoms with Crippen molar-refractivity contribution < 1.29 is 22.7 Å². The number of para-hydroxylation sites is 2. The van der Waals surface area contributed by atoms with Gasteiger partial charge in [0.25, 0.3) is 5.91 Å². The molecule has 1 aromatic rings. The Morgan fingerprint density at radius 1 is 1.24 bits per heavy atom. The fraction of sp³-hybridized carbons (Fsp3) is 0.500. The Morgan fingerprint density at radius 3 is 2.67 bits per heavy atom. The summed E-state index contributed by atoms with van der Waals surface area (Å²) in [5.41, 5.74) is 0. The van der Waals surface area contributed by atoms with Gasteiger partial charge in [0.2, 0.25) is 6.10 Å². The van der Waals surface area contributed by atoms with E-state index in [1.807, 2.05) is 12.1 Å². The molecule has 21 heavy (non-hydrogen) atoms. The fourth-order valence-electron chi connectivity index (χ4n) is 3.29. The van der Waals surface area contributed by atoms with E-state index in [-0.39, 0.29) is 30.9 Å². The molecule has 1 amide bonds. The lowest BCUT2D eigenvalue weighted by molar-refractivity contribution is -0.141. The zero-order valence-corrected chi connectivity index (χ0v) is 12.1. The maximum Gasteiger partial charge on any atom is 0.267 e. The molecule has 0 aromatic heterocycles. The molecule has 2 fully saturated rings. The Bertz CT molecular complexity index is 701. The first-order valence-electron chi connectivity index (χ1n) is 6.95. The first kappa shape index (κ1) is 12.9. The minimum atomic E-state index is -3.00. The molecule has 3 atom stereocenters. The SMILES string of the molecule is O=C([C@H]1COc2ccccc2O1)N1C[C@H]2C[C@H]1CS2(=O)=O. The predicted octanol–water partition coefficient (Wildman–Crippen LogP) is 0.224. The van der Waals surface area contributed by atoms with Gasteiger partial charge in [0.05, 0.1) is 11.0 Å². The van der Waals surface area contributed by atoms with E-state index in [0.717, 1.165) is 0 Å². The number of hydrogen-bond donors (Lipinski definition) is 0. The van der Waals surface area contributed by atoms with Crippen molar-refractivity contribution in [2.24, 2.45) is 0 Å². The van der Waals surface area contributed by atoms with E-state index < -0.39 is 21.2 Å². The van der Waals surface area contributed by atoms with E-state index in [9.17, 15) is 13.2 Å². The molecule has 2 bridgehead atoms. The molecule has 1 aromatic carbocycles. The topological polar surface area (TPSA) is 72.9 Å². The molecule has 0 spiro atoms. The Kier molecular flexibility index (Phi) is 2.69. The van der Waals surface area contributed by atoms with Gasteiger partial charge in [-0.3, -0.25) is 4.79 Å². The monoisotopic (exact) mass is 309 g/mol. The Hall–Kier alpha value is -1.76. The minimum absolute atomic E-state index is 0.0770. The van der Waals surface area contributed by atoms with Crippen LogP contribution in [-0.4, -0.2) is 55.5 Å². The van der Waals surface area contributed by atoms with Crippen LogP contribution in [0.1, 0.15) is 6.42 Å². The van der Waals surface area contributed by atoms with E-state index in [0.29, 0.717) is 17.9 Å². The number of nitrogens with zero attached hydrogens (tertiary/aromatic N) is 1. The second kappa shape index (κ2) is 4.37. The average molecular weight is 309 g/mol. The summed E-state index contributed by atoms with van der Waals surface area (Å²) in [7, 11) is -3.00. The smallest absolute Gasteiger partial charge is 0.267 e. The summed E-state index contributed by atoms with van der Waals surface area (Å²) >= 11 is 0. The van der Waals surface area contributed by atoms with Crippen LogP contribution >= 0.6 is 0 Å². The number of fused-ring (bicyclic) bond motifs is 3. The maximum absolute atomic E-state index is 12.5. The van der Waals surface area contributed by atoms with Gasteiger partial charge in [-0.2, -0.15) is 0 Å². The van der Waals surface area contributed by atoms with Gasteiger partial charge in [0, 0.05) is 12.6 Å². The highest BCUT2D eigenvalue weighted by molar-refractivity contribution is 7.92.